The molecule has 0 saturated heterocycles. The number of rotatable bonds is 4. The van der Waals surface area contributed by atoms with Crippen LogP contribution in [0.5, 0.6) is 0 Å². The van der Waals surface area contributed by atoms with Crippen LogP contribution in [0, 0.1) is 5.41 Å². The molecule has 1 nitrogen and oxygen atoms in total. The Balaban J connectivity index is 2.81. The molecule has 0 fully saturated rings. The second-order valence-corrected chi connectivity index (χ2v) is 5.92. The minimum absolute atomic E-state index is 0.113. The lowest BCUT2D eigenvalue weighted by molar-refractivity contribution is -0.137. The van der Waals surface area contributed by atoms with Crippen molar-refractivity contribution in [1.29, 1.82) is 0 Å². The highest BCUT2D eigenvalue weighted by atomic mass is 79.9. The number of benzene rings is 1. The molecule has 0 bridgehead atoms. The molecule has 1 N–H and O–H groups in total. The maximum atomic E-state index is 12.5. The van der Waals surface area contributed by atoms with Gasteiger partial charge in [0.05, 0.1) is 5.56 Å². The molecule has 0 aromatic heterocycles. The van der Waals surface area contributed by atoms with Crippen molar-refractivity contribution < 1.29 is 13.2 Å². The average Bonchev–Trinajstić information content (AvgIpc) is 2.26. The van der Waals surface area contributed by atoms with E-state index in [1.807, 2.05) is 0 Å². The van der Waals surface area contributed by atoms with Gasteiger partial charge < -0.3 is 5.32 Å². The van der Waals surface area contributed by atoms with E-state index < -0.39 is 11.7 Å². The number of anilines is 1. The Morgan fingerprint density at radius 2 is 1.83 bits per heavy atom. The van der Waals surface area contributed by atoms with E-state index in [1.165, 1.54) is 6.07 Å². The van der Waals surface area contributed by atoms with Gasteiger partial charge in [0, 0.05) is 16.7 Å². The van der Waals surface area contributed by atoms with E-state index in [0.717, 1.165) is 18.6 Å². The minimum Gasteiger partial charge on any atom is -0.384 e. The predicted octanol–water partition coefficient (Wildman–Crippen LogP) is 5.32. The van der Waals surface area contributed by atoms with E-state index in [1.54, 1.807) is 0 Å². The smallest absolute Gasteiger partial charge is 0.384 e. The Hall–Kier alpha value is -0.710. The molecule has 1 aromatic rings. The highest BCUT2D eigenvalue weighted by molar-refractivity contribution is 9.10. The molecule has 0 unspecified atom stereocenters. The van der Waals surface area contributed by atoms with Crippen LogP contribution in [0.15, 0.2) is 22.7 Å². The average molecular weight is 324 g/mol. The van der Waals surface area contributed by atoms with Crippen LogP contribution in [-0.2, 0) is 6.18 Å². The van der Waals surface area contributed by atoms with Gasteiger partial charge in [-0.3, -0.25) is 0 Å². The summed E-state index contributed by atoms with van der Waals surface area (Å²) in [4.78, 5) is 0. The van der Waals surface area contributed by atoms with Crippen LogP contribution < -0.4 is 5.32 Å². The lowest BCUT2D eigenvalue weighted by Gasteiger charge is -2.24. The summed E-state index contributed by atoms with van der Waals surface area (Å²) in [6.45, 7) is 7.02. The highest BCUT2D eigenvalue weighted by Gasteiger charge is 2.30. The van der Waals surface area contributed by atoms with Crippen LogP contribution >= 0.6 is 15.9 Å². The molecule has 0 spiro atoms. The maximum absolute atomic E-state index is 12.5. The third-order valence-electron chi connectivity index (χ3n) is 3.01. The molecule has 1 aromatic carbocycles. The summed E-state index contributed by atoms with van der Waals surface area (Å²) < 4.78 is 37.9. The lowest BCUT2D eigenvalue weighted by Crippen LogP contribution is -2.22. The van der Waals surface area contributed by atoms with Crippen molar-refractivity contribution in [2.24, 2.45) is 5.41 Å². The predicted molar refractivity (Wildman–Crippen MR) is 71.7 cm³/mol. The molecule has 5 heteroatoms. The normalized spacial score (nSPS) is 12.6. The summed E-state index contributed by atoms with van der Waals surface area (Å²) in [7, 11) is 0. The van der Waals surface area contributed by atoms with E-state index in [4.69, 9.17) is 0 Å². The van der Waals surface area contributed by atoms with Gasteiger partial charge in [0.15, 0.2) is 0 Å². The van der Waals surface area contributed by atoms with Crippen molar-refractivity contribution in [2.75, 3.05) is 11.9 Å². The zero-order valence-electron chi connectivity index (χ0n) is 10.7. The van der Waals surface area contributed by atoms with Gasteiger partial charge in [-0.1, -0.05) is 20.8 Å². The lowest BCUT2D eigenvalue weighted by atomic mass is 9.90. The summed E-state index contributed by atoms with van der Waals surface area (Å²) in [6.07, 6.45) is -3.30. The fourth-order valence-corrected chi connectivity index (χ4v) is 1.81. The minimum atomic E-state index is -4.30. The molecule has 0 radical (unpaired) electrons. The second kappa shape index (κ2) is 5.51. The molecular weight excluding hydrogens is 307 g/mol. The second-order valence-electron chi connectivity index (χ2n) is 5.06. The van der Waals surface area contributed by atoms with Gasteiger partial charge >= 0.3 is 6.18 Å². The summed E-state index contributed by atoms with van der Waals surface area (Å²) in [6, 6.07) is 3.64. The molecule has 1 rings (SSSR count). The molecule has 102 valence electrons. The molecule has 0 aliphatic rings. The van der Waals surface area contributed by atoms with Crippen LogP contribution in [0.4, 0.5) is 18.9 Å². The Labute approximate surface area is 114 Å². The van der Waals surface area contributed by atoms with E-state index in [2.05, 4.69) is 42.0 Å². The maximum Gasteiger partial charge on any atom is 0.416 e. The fourth-order valence-electron chi connectivity index (χ4n) is 1.29. The quantitative estimate of drug-likeness (QED) is 0.791. The van der Waals surface area contributed by atoms with Crippen molar-refractivity contribution >= 4 is 21.6 Å². The number of halogens is 4. The van der Waals surface area contributed by atoms with Crippen LogP contribution in [-0.4, -0.2) is 6.54 Å². The Morgan fingerprint density at radius 1 is 1.22 bits per heavy atom. The van der Waals surface area contributed by atoms with E-state index in [-0.39, 0.29) is 5.41 Å². The molecule has 18 heavy (non-hydrogen) atoms. The fraction of sp³-hybridized carbons (Fsp3) is 0.538. The third-order valence-corrected chi connectivity index (χ3v) is 3.67. The van der Waals surface area contributed by atoms with Gasteiger partial charge in [0.25, 0.3) is 0 Å². The largest absolute Gasteiger partial charge is 0.416 e. The van der Waals surface area contributed by atoms with Gasteiger partial charge in [-0.05, 0) is 46.0 Å². The molecule has 0 atom stereocenters. The first-order chi connectivity index (χ1) is 8.15. The number of hydrogen-bond acceptors (Lipinski definition) is 1. The van der Waals surface area contributed by atoms with Crippen molar-refractivity contribution in [2.45, 2.75) is 33.4 Å². The molecule has 0 aliphatic carbocycles. The number of alkyl halides is 3. The van der Waals surface area contributed by atoms with Gasteiger partial charge in [-0.15, -0.1) is 0 Å². The van der Waals surface area contributed by atoms with Crippen molar-refractivity contribution in [3.8, 4) is 0 Å². The summed E-state index contributed by atoms with van der Waals surface area (Å²) in [5, 5.41) is 3.17. The van der Waals surface area contributed by atoms with E-state index >= 15 is 0 Å². The molecule has 0 heterocycles. The number of hydrogen-bond donors (Lipinski definition) is 1. The first kappa shape index (κ1) is 15.3. The van der Waals surface area contributed by atoms with Gasteiger partial charge in [0.2, 0.25) is 0 Å². The molecular formula is C13H17BrF3N. The standard InChI is InChI=1S/C13H17BrF3N/c1-4-12(2,3)8-18-11-6-5-9(7-10(11)14)13(15,16)17/h5-7,18H,4,8H2,1-3H3. The van der Waals surface area contributed by atoms with Crippen LogP contribution in [0.1, 0.15) is 32.8 Å². The number of nitrogens with one attached hydrogen (secondary N) is 1. The van der Waals surface area contributed by atoms with Crippen molar-refractivity contribution in [3.63, 3.8) is 0 Å². The van der Waals surface area contributed by atoms with E-state index in [0.29, 0.717) is 16.7 Å². The molecule has 0 saturated carbocycles. The van der Waals surface area contributed by atoms with Crippen LogP contribution in [0.25, 0.3) is 0 Å². The first-order valence-corrected chi connectivity index (χ1v) is 6.55. The SMILES string of the molecule is CCC(C)(C)CNc1ccc(C(F)(F)F)cc1Br. The first-order valence-electron chi connectivity index (χ1n) is 5.76. The van der Waals surface area contributed by atoms with Gasteiger partial charge in [-0.2, -0.15) is 13.2 Å². The van der Waals surface area contributed by atoms with Crippen molar-refractivity contribution in [1.82, 2.24) is 0 Å². The zero-order valence-corrected chi connectivity index (χ0v) is 12.2. The summed E-state index contributed by atoms with van der Waals surface area (Å²) in [5.74, 6) is 0. The Bertz CT molecular complexity index is 413. The van der Waals surface area contributed by atoms with Crippen LogP contribution in [0.2, 0.25) is 0 Å². The van der Waals surface area contributed by atoms with Crippen LogP contribution in [0.3, 0.4) is 0 Å². The topological polar surface area (TPSA) is 12.0 Å². The Morgan fingerprint density at radius 3 is 2.28 bits per heavy atom. The molecule has 0 aliphatic heterocycles. The van der Waals surface area contributed by atoms with Gasteiger partial charge in [-0.25, -0.2) is 0 Å². The summed E-state index contributed by atoms with van der Waals surface area (Å²) in [5.41, 5.74) is 0.154. The van der Waals surface area contributed by atoms with E-state index in [9.17, 15) is 13.2 Å². The highest BCUT2D eigenvalue weighted by Crippen LogP contribution is 2.34. The third kappa shape index (κ3) is 4.19. The van der Waals surface area contributed by atoms with Gasteiger partial charge in [0.1, 0.15) is 0 Å². The van der Waals surface area contributed by atoms with Crippen molar-refractivity contribution in [3.05, 3.63) is 28.2 Å². The Kier molecular flexibility index (Phi) is 4.70. The molecule has 0 amide bonds. The monoisotopic (exact) mass is 323 g/mol. The zero-order chi connectivity index (χ0) is 14.0. The summed E-state index contributed by atoms with van der Waals surface area (Å²) >= 11 is 3.17.